The molecule has 0 aliphatic carbocycles. The van der Waals surface area contributed by atoms with Crippen LogP contribution in [0.15, 0.2) is 0 Å². The highest BCUT2D eigenvalue weighted by Crippen LogP contribution is 2.44. The maximum absolute atomic E-state index is 13.8. The third-order valence-electron chi connectivity index (χ3n) is 12.7. The van der Waals surface area contributed by atoms with E-state index in [1.807, 2.05) is 32.6 Å². The molecule has 0 unspecified atom stereocenters. The molecule has 3 fully saturated rings. The highest BCUT2D eigenvalue weighted by Gasteiger charge is 2.60. The number of amides is 2. The van der Waals surface area contributed by atoms with Gasteiger partial charge in [0, 0.05) is 32.5 Å². The van der Waals surface area contributed by atoms with E-state index in [2.05, 4.69) is 19.2 Å². The molecule has 3 heterocycles. The minimum absolute atomic E-state index is 0.0688. The molecule has 5 atom stereocenters. The van der Waals surface area contributed by atoms with Crippen molar-refractivity contribution in [2.75, 3.05) is 19.6 Å². The Morgan fingerprint density at radius 2 is 0.847 bits per heavy atom. The van der Waals surface area contributed by atoms with Crippen LogP contribution in [-0.4, -0.2) is 78.6 Å². The molecule has 2 amide bonds. The summed E-state index contributed by atoms with van der Waals surface area (Å²) in [5, 5.41) is 3.11. The van der Waals surface area contributed by atoms with Gasteiger partial charge < -0.3 is 33.9 Å². The van der Waals surface area contributed by atoms with Gasteiger partial charge >= 0.3 is 0 Å². The van der Waals surface area contributed by atoms with Gasteiger partial charge in [0.1, 0.15) is 24.4 Å². The maximum atomic E-state index is 13.8. The molecule has 0 saturated carbocycles. The van der Waals surface area contributed by atoms with E-state index in [1.54, 1.807) is 0 Å². The first-order chi connectivity index (χ1) is 28.5. The molecule has 0 aromatic rings. The highest BCUT2D eigenvalue weighted by atomic mass is 16.9. The summed E-state index contributed by atoms with van der Waals surface area (Å²) in [4.78, 5) is 28.6. The lowest BCUT2D eigenvalue weighted by Crippen LogP contribution is -2.58. The molecule has 3 aliphatic rings. The molecule has 0 aromatic carbocycles. The van der Waals surface area contributed by atoms with Crippen LogP contribution >= 0.6 is 0 Å². The van der Waals surface area contributed by atoms with Crippen molar-refractivity contribution in [3.05, 3.63) is 0 Å². The number of fused-ring (bicyclic) bond motifs is 3. The SMILES string of the molecule is CCCCCCCCCCCCCCCCCC(=O)NCCN(C[C@H]1O[C@@H]2OC(C)(C)O[C@@H]2[C@H]2OC(C)(C)O[C@H]21)C(=O)CCCCCCCCCCCCCCCCC. The van der Waals surface area contributed by atoms with Gasteiger partial charge in [-0.15, -0.1) is 0 Å². The van der Waals surface area contributed by atoms with E-state index < -0.39 is 36.2 Å². The van der Waals surface area contributed by atoms with Crippen molar-refractivity contribution >= 4 is 11.8 Å². The van der Waals surface area contributed by atoms with E-state index in [-0.39, 0.29) is 17.9 Å². The summed E-state index contributed by atoms with van der Waals surface area (Å²) in [6.07, 6.45) is 37.9. The molecule has 59 heavy (non-hydrogen) atoms. The molecular formula is C50H94N2O7. The van der Waals surface area contributed by atoms with Crippen molar-refractivity contribution in [3.8, 4) is 0 Å². The van der Waals surface area contributed by atoms with Crippen LogP contribution in [0.1, 0.15) is 247 Å². The largest absolute Gasteiger partial charge is 0.354 e. The van der Waals surface area contributed by atoms with Crippen molar-refractivity contribution < 1.29 is 33.3 Å². The summed E-state index contributed by atoms with van der Waals surface area (Å²) >= 11 is 0. The Morgan fingerprint density at radius 1 is 0.475 bits per heavy atom. The number of rotatable bonds is 37. The molecular weight excluding hydrogens is 741 g/mol. The number of carbonyl (C=O) groups excluding carboxylic acids is 2. The first kappa shape index (κ1) is 52.1. The molecule has 0 radical (unpaired) electrons. The summed E-state index contributed by atoms with van der Waals surface area (Å²) in [5.41, 5.74) is 0. The van der Waals surface area contributed by atoms with E-state index in [1.165, 1.54) is 167 Å². The molecule has 1 N–H and O–H groups in total. The second-order valence-corrected chi connectivity index (χ2v) is 19.3. The second-order valence-electron chi connectivity index (χ2n) is 19.3. The Morgan fingerprint density at radius 3 is 1.31 bits per heavy atom. The molecule has 0 spiro atoms. The fourth-order valence-electron chi connectivity index (χ4n) is 9.26. The number of nitrogens with zero attached hydrogens (tertiary/aromatic N) is 1. The molecule has 0 bridgehead atoms. The number of unbranched alkanes of at least 4 members (excludes halogenated alkanes) is 28. The van der Waals surface area contributed by atoms with Crippen LogP contribution in [0.25, 0.3) is 0 Å². The molecule has 3 aliphatic heterocycles. The van der Waals surface area contributed by atoms with Gasteiger partial charge in [-0.25, -0.2) is 0 Å². The zero-order valence-corrected chi connectivity index (χ0v) is 39.4. The van der Waals surface area contributed by atoms with Crippen molar-refractivity contribution in [1.29, 1.82) is 0 Å². The van der Waals surface area contributed by atoms with Gasteiger partial charge in [0.15, 0.2) is 17.9 Å². The van der Waals surface area contributed by atoms with Gasteiger partial charge in [0.25, 0.3) is 0 Å². The number of hydrogen-bond donors (Lipinski definition) is 1. The summed E-state index contributed by atoms with van der Waals surface area (Å²) in [6.45, 7) is 13.3. The van der Waals surface area contributed by atoms with Crippen molar-refractivity contribution in [3.63, 3.8) is 0 Å². The van der Waals surface area contributed by atoms with Gasteiger partial charge in [0.05, 0.1) is 0 Å². The summed E-state index contributed by atoms with van der Waals surface area (Å²) in [6, 6.07) is 0. The number of nitrogens with one attached hydrogen (secondary N) is 1. The summed E-state index contributed by atoms with van der Waals surface area (Å²) in [7, 11) is 0. The van der Waals surface area contributed by atoms with Crippen LogP contribution < -0.4 is 5.32 Å². The standard InChI is InChI=1S/C50H94N2O7/c1-7-9-11-13-15-17-19-21-23-25-27-29-31-33-35-37-43(53)51-39-40-52(44(54)38-36-34-32-30-28-26-24-22-20-18-16-14-12-10-8-2)41-42-45-46(57-49(3,4)56-45)47-48(55-42)59-50(5,6)58-47/h42,45-48H,7-41H2,1-6H3,(H,51,53)/t42-,45+,46+,47-,48-/m1/s1. The molecule has 346 valence electrons. The van der Waals surface area contributed by atoms with E-state index in [0.29, 0.717) is 32.5 Å². The summed E-state index contributed by atoms with van der Waals surface area (Å²) in [5.74, 6) is -1.43. The zero-order chi connectivity index (χ0) is 42.6. The average Bonchev–Trinajstić information content (AvgIpc) is 3.70. The average molecular weight is 835 g/mol. The number of ether oxygens (including phenoxy) is 5. The van der Waals surface area contributed by atoms with Gasteiger partial charge in [-0.05, 0) is 40.5 Å². The second kappa shape index (κ2) is 30.7. The van der Waals surface area contributed by atoms with Crippen LogP contribution in [0.5, 0.6) is 0 Å². The van der Waals surface area contributed by atoms with Gasteiger partial charge in [-0.2, -0.15) is 0 Å². The van der Waals surface area contributed by atoms with Crippen LogP contribution in [0.4, 0.5) is 0 Å². The van der Waals surface area contributed by atoms with Crippen LogP contribution in [0.3, 0.4) is 0 Å². The zero-order valence-electron chi connectivity index (χ0n) is 39.4. The third kappa shape index (κ3) is 22.6. The molecule has 9 nitrogen and oxygen atoms in total. The summed E-state index contributed by atoms with van der Waals surface area (Å²) < 4.78 is 31.6. The normalized spacial score (nSPS) is 23.0. The predicted molar refractivity (Wildman–Crippen MR) is 241 cm³/mol. The van der Waals surface area contributed by atoms with E-state index >= 15 is 0 Å². The van der Waals surface area contributed by atoms with Crippen molar-refractivity contribution in [1.82, 2.24) is 10.2 Å². The van der Waals surface area contributed by atoms with Crippen molar-refractivity contribution in [2.24, 2.45) is 0 Å². The Bertz CT molecular complexity index is 1090. The Kier molecular flexibility index (Phi) is 27.1. The quantitative estimate of drug-likeness (QED) is 0.0623. The third-order valence-corrected chi connectivity index (χ3v) is 12.7. The molecule has 3 rings (SSSR count). The van der Waals surface area contributed by atoms with Gasteiger partial charge in [0.2, 0.25) is 11.8 Å². The lowest BCUT2D eigenvalue weighted by Gasteiger charge is -2.39. The van der Waals surface area contributed by atoms with Crippen LogP contribution in [0, 0.1) is 0 Å². The minimum Gasteiger partial charge on any atom is -0.354 e. The fraction of sp³-hybridized carbons (Fsp3) is 0.960. The van der Waals surface area contributed by atoms with Crippen LogP contribution in [-0.2, 0) is 33.3 Å². The predicted octanol–water partition coefficient (Wildman–Crippen LogP) is 12.9. The number of carbonyl (C=O) groups is 2. The van der Waals surface area contributed by atoms with Crippen LogP contribution in [0.2, 0.25) is 0 Å². The number of hydrogen-bond acceptors (Lipinski definition) is 7. The van der Waals surface area contributed by atoms with E-state index in [0.717, 1.165) is 25.7 Å². The molecule has 3 saturated heterocycles. The monoisotopic (exact) mass is 835 g/mol. The molecule has 0 aromatic heterocycles. The maximum Gasteiger partial charge on any atom is 0.222 e. The fourth-order valence-corrected chi connectivity index (χ4v) is 9.26. The van der Waals surface area contributed by atoms with Gasteiger partial charge in [-0.1, -0.05) is 194 Å². The Balaban J connectivity index is 1.35. The van der Waals surface area contributed by atoms with Crippen molar-refractivity contribution in [2.45, 2.75) is 289 Å². The van der Waals surface area contributed by atoms with E-state index in [9.17, 15) is 9.59 Å². The molecule has 9 heteroatoms. The Hall–Kier alpha value is -1.26. The topological polar surface area (TPSA) is 95.6 Å². The first-order valence-electron chi connectivity index (χ1n) is 25.5. The smallest absolute Gasteiger partial charge is 0.222 e. The lowest BCUT2D eigenvalue weighted by atomic mass is 9.98. The minimum atomic E-state index is -0.801. The Labute approximate surface area is 363 Å². The highest BCUT2D eigenvalue weighted by molar-refractivity contribution is 5.77. The lowest BCUT2D eigenvalue weighted by molar-refractivity contribution is -0.236. The van der Waals surface area contributed by atoms with E-state index in [4.69, 9.17) is 23.7 Å². The van der Waals surface area contributed by atoms with Gasteiger partial charge in [-0.3, -0.25) is 9.59 Å². The first-order valence-corrected chi connectivity index (χ1v) is 25.5.